The van der Waals surface area contributed by atoms with Gasteiger partial charge in [0.2, 0.25) is 0 Å². The normalized spacial score (nSPS) is 24.3. The molecule has 0 bridgehead atoms. The molecule has 19 heavy (non-hydrogen) atoms. The number of likely N-dealkylation sites (tertiary alicyclic amines) is 1. The van der Waals surface area contributed by atoms with Gasteiger partial charge in [-0.05, 0) is 24.4 Å². The van der Waals surface area contributed by atoms with Crippen LogP contribution in [0.3, 0.4) is 0 Å². The lowest BCUT2D eigenvalue weighted by molar-refractivity contribution is 0.150. The highest BCUT2D eigenvalue weighted by Gasteiger charge is 2.22. The third-order valence-electron chi connectivity index (χ3n) is 3.69. The Morgan fingerprint density at radius 2 is 1.95 bits per heavy atom. The highest BCUT2D eigenvalue weighted by Crippen LogP contribution is 2.21. The van der Waals surface area contributed by atoms with E-state index in [1.54, 1.807) is 12.1 Å². The molecule has 0 aromatic heterocycles. The van der Waals surface area contributed by atoms with Crippen LogP contribution in [0.1, 0.15) is 30.9 Å². The van der Waals surface area contributed by atoms with E-state index >= 15 is 0 Å². The molecule has 1 aliphatic heterocycles. The van der Waals surface area contributed by atoms with Crippen molar-refractivity contribution in [3.8, 4) is 0 Å². The second-order valence-electron chi connectivity index (χ2n) is 5.21. The quantitative estimate of drug-likeness (QED) is 0.926. The van der Waals surface area contributed by atoms with Gasteiger partial charge in [-0.15, -0.1) is 12.4 Å². The van der Waals surface area contributed by atoms with Gasteiger partial charge in [0, 0.05) is 24.7 Å². The molecular formula is C14H21ClF2N2. The van der Waals surface area contributed by atoms with E-state index in [-0.39, 0.29) is 18.0 Å². The van der Waals surface area contributed by atoms with Crippen LogP contribution >= 0.6 is 12.4 Å². The van der Waals surface area contributed by atoms with E-state index in [0.29, 0.717) is 12.0 Å². The van der Waals surface area contributed by atoms with E-state index in [4.69, 9.17) is 5.73 Å². The van der Waals surface area contributed by atoms with Crippen LogP contribution in [0.2, 0.25) is 0 Å². The van der Waals surface area contributed by atoms with Gasteiger partial charge in [0.05, 0.1) is 0 Å². The summed E-state index contributed by atoms with van der Waals surface area (Å²) in [5, 5.41) is 0. The largest absolute Gasteiger partial charge is 0.327 e. The zero-order valence-corrected chi connectivity index (χ0v) is 11.9. The first kappa shape index (κ1) is 16.3. The standard InChI is InChI=1S/C14H20F2N2.ClH/c1-10-8-18(7-6-13(10)17)9-11-2-4-12(5-3-11)14(15)16;/h2-5,10,13-14H,6-9,17H2,1H3;1H. The maximum absolute atomic E-state index is 12.4. The molecule has 1 fully saturated rings. The predicted octanol–water partition coefficient (Wildman–Crippen LogP) is 3.22. The van der Waals surface area contributed by atoms with Crippen molar-refractivity contribution in [2.45, 2.75) is 32.4 Å². The fraction of sp³-hybridized carbons (Fsp3) is 0.571. The van der Waals surface area contributed by atoms with Gasteiger partial charge in [0.25, 0.3) is 6.43 Å². The second-order valence-corrected chi connectivity index (χ2v) is 5.21. The highest BCUT2D eigenvalue weighted by atomic mass is 35.5. The van der Waals surface area contributed by atoms with E-state index in [9.17, 15) is 8.78 Å². The van der Waals surface area contributed by atoms with Crippen LogP contribution in [-0.4, -0.2) is 24.0 Å². The van der Waals surface area contributed by atoms with E-state index in [2.05, 4.69) is 11.8 Å². The number of rotatable bonds is 3. The van der Waals surface area contributed by atoms with Gasteiger partial charge in [0.1, 0.15) is 0 Å². The third kappa shape index (κ3) is 4.41. The zero-order valence-electron chi connectivity index (χ0n) is 11.1. The molecule has 5 heteroatoms. The van der Waals surface area contributed by atoms with Gasteiger partial charge in [0.15, 0.2) is 0 Å². The molecule has 1 heterocycles. The molecule has 2 nitrogen and oxygen atoms in total. The summed E-state index contributed by atoms with van der Waals surface area (Å²) in [5.41, 5.74) is 7.15. The van der Waals surface area contributed by atoms with E-state index in [1.807, 2.05) is 0 Å². The minimum Gasteiger partial charge on any atom is -0.327 e. The molecule has 0 amide bonds. The van der Waals surface area contributed by atoms with Crippen molar-refractivity contribution in [1.29, 1.82) is 0 Å². The van der Waals surface area contributed by atoms with Crippen LogP contribution in [0, 0.1) is 5.92 Å². The number of hydrogen-bond donors (Lipinski definition) is 1. The molecule has 0 spiro atoms. The van der Waals surface area contributed by atoms with Gasteiger partial charge in [-0.1, -0.05) is 31.2 Å². The number of nitrogens with two attached hydrogens (primary N) is 1. The molecule has 0 radical (unpaired) electrons. The number of piperidine rings is 1. The van der Waals surface area contributed by atoms with E-state index < -0.39 is 6.43 Å². The summed E-state index contributed by atoms with van der Waals surface area (Å²) < 4.78 is 24.9. The Kier molecular flexibility index (Phi) is 6.17. The molecule has 2 rings (SSSR count). The number of benzene rings is 1. The highest BCUT2D eigenvalue weighted by molar-refractivity contribution is 5.85. The molecule has 1 aliphatic rings. The summed E-state index contributed by atoms with van der Waals surface area (Å²) >= 11 is 0. The molecule has 1 aromatic carbocycles. The Bertz CT molecular complexity index is 384. The molecule has 1 saturated heterocycles. The number of nitrogens with zero attached hydrogens (tertiary/aromatic N) is 1. The maximum atomic E-state index is 12.4. The van der Waals surface area contributed by atoms with Crippen molar-refractivity contribution in [3.63, 3.8) is 0 Å². The van der Waals surface area contributed by atoms with Crippen molar-refractivity contribution >= 4 is 12.4 Å². The van der Waals surface area contributed by atoms with Crippen LogP contribution in [0.25, 0.3) is 0 Å². The first-order chi connectivity index (χ1) is 8.56. The van der Waals surface area contributed by atoms with Gasteiger partial charge in [-0.2, -0.15) is 0 Å². The van der Waals surface area contributed by atoms with Crippen LogP contribution in [0.15, 0.2) is 24.3 Å². The first-order valence-corrected chi connectivity index (χ1v) is 6.41. The summed E-state index contributed by atoms with van der Waals surface area (Å²) in [7, 11) is 0. The van der Waals surface area contributed by atoms with Crippen LogP contribution in [-0.2, 0) is 6.54 Å². The molecular weight excluding hydrogens is 270 g/mol. The van der Waals surface area contributed by atoms with Crippen molar-refractivity contribution in [2.75, 3.05) is 13.1 Å². The Balaban J connectivity index is 0.00000180. The smallest absolute Gasteiger partial charge is 0.263 e. The minimum atomic E-state index is -2.38. The van der Waals surface area contributed by atoms with Crippen molar-refractivity contribution in [2.24, 2.45) is 11.7 Å². The van der Waals surface area contributed by atoms with Crippen molar-refractivity contribution in [3.05, 3.63) is 35.4 Å². The molecule has 2 atom stereocenters. The Labute approximate surface area is 119 Å². The summed E-state index contributed by atoms with van der Waals surface area (Å²) in [6, 6.07) is 6.90. The first-order valence-electron chi connectivity index (χ1n) is 6.41. The predicted molar refractivity (Wildman–Crippen MR) is 75.7 cm³/mol. The molecule has 2 N–H and O–H groups in total. The number of halogens is 3. The summed E-state index contributed by atoms with van der Waals surface area (Å²) in [5.74, 6) is 0.499. The summed E-state index contributed by atoms with van der Waals surface area (Å²) in [6.07, 6.45) is -1.37. The van der Waals surface area contributed by atoms with Gasteiger partial charge >= 0.3 is 0 Å². The SMILES string of the molecule is CC1CN(Cc2ccc(C(F)F)cc2)CCC1N.Cl. The third-order valence-corrected chi connectivity index (χ3v) is 3.69. The average molecular weight is 291 g/mol. The Hall–Kier alpha value is -0.710. The van der Waals surface area contributed by atoms with Crippen LogP contribution in [0.4, 0.5) is 8.78 Å². The van der Waals surface area contributed by atoms with Crippen LogP contribution < -0.4 is 5.73 Å². The van der Waals surface area contributed by atoms with E-state index in [0.717, 1.165) is 31.6 Å². The van der Waals surface area contributed by atoms with Crippen molar-refractivity contribution < 1.29 is 8.78 Å². The van der Waals surface area contributed by atoms with Crippen molar-refractivity contribution in [1.82, 2.24) is 4.90 Å². The molecule has 0 aliphatic carbocycles. The topological polar surface area (TPSA) is 29.3 Å². The molecule has 1 aromatic rings. The van der Waals surface area contributed by atoms with E-state index in [1.165, 1.54) is 12.1 Å². The van der Waals surface area contributed by atoms with Gasteiger partial charge < -0.3 is 5.73 Å². The van der Waals surface area contributed by atoms with Gasteiger partial charge in [-0.3, -0.25) is 4.90 Å². The lowest BCUT2D eigenvalue weighted by atomic mass is 9.94. The fourth-order valence-corrected chi connectivity index (χ4v) is 2.42. The summed E-state index contributed by atoms with van der Waals surface area (Å²) in [4.78, 5) is 2.34. The fourth-order valence-electron chi connectivity index (χ4n) is 2.42. The Morgan fingerprint density at radius 1 is 1.32 bits per heavy atom. The number of hydrogen-bond acceptors (Lipinski definition) is 2. The molecule has 2 unspecified atom stereocenters. The van der Waals surface area contributed by atoms with Crippen LogP contribution in [0.5, 0.6) is 0 Å². The van der Waals surface area contributed by atoms with Gasteiger partial charge in [-0.25, -0.2) is 8.78 Å². The lowest BCUT2D eigenvalue weighted by Gasteiger charge is -2.35. The average Bonchev–Trinajstić information content (AvgIpc) is 2.34. The minimum absolute atomic E-state index is 0. The molecule has 0 saturated carbocycles. The maximum Gasteiger partial charge on any atom is 0.263 e. The summed E-state index contributed by atoms with van der Waals surface area (Å²) in [6.45, 7) is 4.96. The lowest BCUT2D eigenvalue weighted by Crippen LogP contribution is -2.45. The number of alkyl halides is 2. The second kappa shape index (κ2) is 7.17. The monoisotopic (exact) mass is 290 g/mol. The zero-order chi connectivity index (χ0) is 13.1. The Morgan fingerprint density at radius 3 is 2.47 bits per heavy atom. The molecule has 108 valence electrons.